The molecule has 0 fully saturated rings. The van der Waals surface area contributed by atoms with Gasteiger partial charge in [-0.3, -0.25) is 0 Å². The molecule has 0 amide bonds. The molecule has 0 unspecified atom stereocenters. The summed E-state index contributed by atoms with van der Waals surface area (Å²) < 4.78 is 19.7. The second-order valence-electron chi connectivity index (χ2n) is 13.6. The van der Waals surface area contributed by atoms with E-state index in [1.807, 2.05) is 45.0 Å². The van der Waals surface area contributed by atoms with E-state index in [1.165, 1.54) is 82.1 Å². The van der Waals surface area contributed by atoms with E-state index in [9.17, 15) is 25.5 Å². The van der Waals surface area contributed by atoms with Crippen molar-refractivity contribution in [3.8, 4) is 57.5 Å². The normalized spacial score (nSPS) is 10.5. The van der Waals surface area contributed by atoms with Gasteiger partial charge in [0, 0.05) is 16.7 Å². The van der Waals surface area contributed by atoms with Gasteiger partial charge in [0.1, 0.15) is 13.2 Å². The molecule has 0 radical (unpaired) electrons. The van der Waals surface area contributed by atoms with Crippen LogP contribution in [0.4, 0.5) is 0 Å². The predicted molar refractivity (Wildman–Crippen MR) is 264 cm³/mol. The van der Waals surface area contributed by atoms with Gasteiger partial charge < -0.3 is 74.9 Å². The maximum absolute atomic E-state index is 9.31. The minimum Gasteiger partial charge on any atom is -0.504 e. The SMILES string of the molecule is CCON=Cc1ccc(O)c(OC)c1.CCOc1cc(C=NO)ccc1O.COc1cc(C=NO)ccc1O.COc1ccc(C=NO)cc1O.Cc1ccc(CON=Cc2ccc(O)c(O)c2)cc1. The fourth-order valence-corrected chi connectivity index (χ4v) is 5.11. The van der Waals surface area contributed by atoms with Crippen molar-refractivity contribution in [3.05, 3.63) is 154 Å². The van der Waals surface area contributed by atoms with Crippen LogP contribution < -0.4 is 18.9 Å². The van der Waals surface area contributed by atoms with Gasteiger partial charge in [0.15, 0.2) is 57.5 Å². The lowest BCUT2D eigenvalue weighted by molar-refractivity contribution is 0.132. The Labute approximate surface area is 404 Å². The number of methoxy groups -OCH3 is 3. The van der Waals surface area contributed by atoms with Crippen molar-refractivity contribution in [3.63, 3.8) is 0 Å². The third kappa shape index (κ3) is 21.3. The number of nitrogens with zero attached hydrogens (tertiary/aromatic N) is 5. The van der Waals surface area contributed by atoms with E-state index in [4.69, 9.17) is 49.4 Å². The average Bonchev–Trinajstić information content (AvgIpc) is 3.35. The van der Waals surface area contributed by atoms with E-state index >= 15 is 0 Å². The lowest BCUT2D eigenvalue weighted by Crippen LogP contribution is -1.93. The molecular weight excluding hydrogens is 911 g/mol. The summed E-state index contributed by atoms with van der Waals surface area (Å²) in [6, 6.07) is 31.4. The number of rotatable bonds is 15. The topological polar surface area (TPSA) is 299 Å². The Morgan fingerprint density at radius 1 is 0.400 bits per heavy atom. The molecule has 0 bridgehead atoms. The van der Waals surface area contributed by atoms with Crippen LogP contribution in [-0.4, -0.2) is 112 Å². The number of ether oxygens (including phenoxy) is 4. The van der Waals surface area contributed by atoms with Gasteiger partial charge in [0.25, 0.3) is 0 Å². The van der Waals surface area contributed by atoms with Crippen molar-refractivity contribution in [2.45, 2.75) is 27.4 Å². The number of phenolic OH excluding ortho intramolecular Hbond substituents is 6. The number of benzene rings is 6. The number of aromatic hydroxyl groups is 6. The van der Waals surface area contributed by atoms with Crippen molar-refractivity contribution in [1.82, 2.24) is 0 Å². The van der Waals surface area contributed by atoms with Crippen molar-refractivity contribution >= 4 is 31.1 Å². The highest BCUT2D eigenvalue weighted by molar-refractivity contribution is 5.82. The molecular formula is C50H57N5O15. The van der Waals surface area contributed by atoms with E-state index in [0.717, 1.165) is 11.1 Å². The molecule has 0 aliphatic rings. The molecule has 0 atom stereocenters. The van der Waals surface area contributed by atoms with Crippen LogP contribution in [0, 0.1) is 6.92 Å². The van der Waals surface area contributed by atoms with Gasteiger partial charge in [0.2, 0.25) is 0 Å². The minimum absolute atomic E-state index is 0.0231. The number of hydrogen-bond acceptors (Lipinski definition) is 20. The fourth-order valence-electron chi connectivity index (χ4n) is 5.11. The Morgan fingerprint density at radius 3 is 1.24 bits per heavy atom. The van der Waals surface area contributed by atoms with Crippen LogP contribution in [0.25, 0.3) is 0 Å². The van der Waals surface area contributed by atoms with Crippen molar-refractivity contribution in [2.75, 3.05) is 34.5 Å². The van der Waals surface area contributed by atoms with E-state index in [1.54, 1.807) is 66.9 Å². The summed E-state index contributed by atoms with van der Waals surface area (Å²) in [5.41, 5.74) is 5.64. The Morgan fingerprint density at radius 2 is 0.800 bits per heavy atom. The summed E-state index contributed by atoms with van der Waals surface area (Å²) in [6.45, 7) is 7.11. The smallest absolute Gasteiger partial charge is 0.161 e. The highest BCUT2D eigenvalue weighted by Crippen LogP contribution is 2.28. The van der Waals surface area contributed by atoms with E-state index < -0.39 is 0 Å². The first-order valence-electron chi connectivity index (χ1n) is 20.7. The molecule has 9 N–H and O–H groups in total. The van der Waals surface area contributed by atoms with Crippen molar-refractivity contribution in [2.24, 2.45) is 25.8 Å². The predicted octanol–water partition coefficient (Wildman–Crippen LogP) is 8.74. The Kier molecular flexibility index (Phi) is 26.3. The largest absolute Gasteiger partial charge is 0.504 e. The zero-order valence-corrected chi connectivity index (χ0v) is 39.2. The zero-order valence-electron chi connectivity index (χ0n) is 39.2. The molecule has 0 saturated heterocycles. The van der Waals surface area contributed by atoms with Gasteiger partial charge in [-0.2, -0.15) is 0 Å². The summed E-state index contributed by atoms with van der Waals surface area (Å²) in [5, 5.41) is 96.3. The van der Waals surface area contributed by atoms with Crippen LogP contribution in [0.1, 0.15) is 52.8 Å². The first-order chi connectivity index (χ1) is 33.7. The molecule has 0 saturated carbocycles. The molecule has 0 aliphatic heterocycles. The molecule has 20 heteroatoms. The Bertz CT molecular complexity index is 2620. The van der Waals surface area contributed by atoms with Gasteiger partial charge in [-0.25, -0.2) is 0 Å². The molecule has 20 nitrogen and oxygen atoms in total. The summed E-state index contributed by atoms with van der Waals surface area (Å²) in [4.78, 5) is 9.97. The van der Waals surface area contributed by atoms with E-state index in [2.05, 4.69) is 25.8 Å². The molecule has 70 heavy (non-hydrogen) atoms. The van der Waals surface area contributed by atoms with E-state index in [0.29, 0.717) is 65.1 Å². The van der Waals surface area contributed by atoms with Gasteiger partial charge in [-0.05, 0) is 128 Å². The maximum Gasteiger partial charge on any atom is 0.161 e. The van der Waals surface area contributed by atoms with Crippen LogP contribution in [0.2, 0.25) is 0 Å². The minimum atomic E-state index is -0.178. The highest BCUT2D eigenvalue weighted by Gasteiger charge is 2.04. The molecule has 6 aromatic rings. The second-order valence-corrected chi connectivity index (χ2v) is 13.6. The molecule has 372 valence electrons. The van der Waals surface area contributed by atoms with Gasteiger partial charge >= 0.3 is 0 Å². The molecule has 0 heterocycles. The number of aryl methyl sites for hydroxylation is 1. The number of phenols is 6. The summed E-state index contributed by atoms with van der Waals surface area (Å²) >= 11 is 0. The van der Waals surface area contributed by atoms with Crippen molar-refractivity contribution < 1.29 is 74.9 Å². The molecule has 0 aromatic heterocycles. The molecule has 6 aromatic carbocycles. The van der Waals surface area contributed by atoms with Crippen LogP contribution >= 0.6 is 0 Å². The number of hydrogen-bond donors (Lipinski definition) is 9. The lowest BCUT2D eigenvalue weighted by atomic mass is 10.2. The second kappa shape index (κ2) is 32.4. The third-order valence-electron chi connectivity index (χ3n) is 8.55. The summed E-state index contributed by atoms with van der Waals surface area (Å²) in [7, 11) is 4.42. The van der Waals surface area contributed by atoms with E-state index in [-0.39, 0.29) is 34.5 Å². The Balaban J connectivity index is 0.000000304. The van der Waals surface area contributed by atoms with Crippen molar-refractivity contribution in [1.29, 1.82) is 0 Å². The third-order valence-corrected chi connectivity index (χ3v) is 8.55. The summed E-state index contributed by atoms with van der Waals surface area (Å²) in [5.74, 6) is 1.50. The van der Waals surface area contributed by atoms with Gasteiger partial charge in [0.05, 0.1) is 59.0 Å². The van der Waals surface area contributed by atoms with Gasteiger partial charge in [-0.1, -0.05) is 55.6 Å². The highest BCUT2D eigenvalue weighted by atomic mass is 16.6. The monoisotopic (exact) mass is 967 g/mol. The first-order valence-corrected chi connectivity index (χ1v) is 20.7. The van der Waals surface area contributed by atoms with Crippen LogP contribution in [0.15, 0.2) is 141 Å². The number of oxime groups is 5. The fraction of sp³-hybridized carbons (Fsp3) is 0.180. The summed E-state index contributed by atoms with van der Waals surface area (Å²) in [6.07, 6.45) is 6.78. The van der Waals surface area contributed by atoms with Gasteiger partial charge in [-0.15, -0.1) is 0 Å². The van der Waals surface area contributed by atoms with Crippen LogP contribution in [-0.2, 0) is 16.3 Å². The van der Waals surface area contributed by atoms with Crippen LogP contribution in [0.5, 0.6) is 57.5 Å². The van der Waals surface area contributed by atoms with Crippen LogP contribution in [0.3, 0.4) is 0 Å². The lowest BCUT2D eigenvalue weighted by Gasteiger charge is -2.05. The molecule has 0 spiro atoms. The standard InChI is InChI=1S/C15H15NO3.C10H13NO3.C9H11NO3.2C8H9NO3/c1-11-2-4-12(5-3-11)10-19-16-9-13-6-7-14(17)15(18)8-13;1-3-14-11-7-8-4-5-9(12)10(6-8)13-2;1-2-13-9-5-7(6-10-12)3-4-8(9)11;1-12-8-3-2-6(5-9-11)4-7(8)10;1-12-8-4-6(5-9-11)2-3-7(8)10/h2-9,17-18H,10H2,1H3;4-7,12H,3H2,1-2H3;3-6,11-12H,2H2,1H3;2*2-5,10-11H,1H3. The Hall–Kier alpha value is -9.33. The first kappa shape index (κ1) is 56.8. The molecule has 6 rings (SSSR count). The average molecular weight is 968 g/mol. The maximum atomic E-state index is 9.31. The molecule has 0 aliphatic carbocycles. The zero-order chi connectivity index (χ0) is 51.7. The quantitative estimate of drug-likeness (QED) is 0.0201.